The Labute approximate surface area is 118 Å². The molecule has 0 saturated carbocycles. The zero-order chi connectivity index (χ0) is 14.2. The first-order valence-corrected chi connectivity index (χ1v) is 6.47. The highest BCUT2D eigenvalue weighted by Crippen LogP contribution is 2.30. The number of aromatic nitrogens is 2. The molecule has 1 aromatic carbocycles. The Bertz CT molecular complexity index is 609. The molecule has 19 heavy (non-hydrogen) atoms. The second-order valence-corrected chi connectivity index (χ2v) is 5.24. The molecule has 100 valence electrons. The molecule has 0 aliphatic heterocycles. The molecule has 0 fully saturated rings. The van der Waals surface area contributed by atoms with Crippen LogP contribution in [0.4, 0.5) is 14.6 Å². The zero-order valence-electron chi connectivity index (χ0n) is 10.4. The van der Waals surface area contributed by atoms with Crippen LogP contribution in [0.1, 0.15) is 25.5 Å². The summed E-state index contributed by atoms with van der Waals surface area (Å²) in [4.78, 5) is 8.37. The molecule has 0 spiro atoms. The minimum absolute atomic E-state index is 0.108. The van der Waals surface area contributed by atoms with Crippen LogP contribution in [0.5, 0.6) is 0 Å². The summed E-state index contributed by atoms with van der Waals surface area (Å²) in [6.45, 7) is 3.89. The molecule has 1 heterocycles. The number of anilines is 1. The van der Waals surface area contributed by atoms with Gasteiger partial charge in [-0.25, -0.2) is 18.7 Å². The van der Waals surface area contributed by atoms with Gasteiger partial charge in [-0.2, -0.15) is 0 Å². The van der Waals surface area contributed by atoms with Crippen molar-refractivity contribution in [3.63, 3.8) is 0 Å². The second kappa shape index (κ2) is 5.21. The van der Waals surface area contributed by atoms with Gasteiger partial charge in [0.15, 0.2) is 5.82 Å². The topological polar surface area (TPSA) is 51.8 Å². The Kier molecular flexibility index (Phi) is 3.80. The standard InChI is InChI=1S/C13H12BrF2N3/c1-6(2)11-10(14)12(17)19-13(18-11)7-3-8(15)5-9(16)4-7/h3-6H,1-2H3,(H2,17,18,19). The predicted molar refractivity (Wildman–Crippen MR) is 73.6 cm³/mol. The number of benzene rings is 1. The Morgan fingerprint density at radius 3 is 2.21 bits per heavy atom. The lowest BCUT2D eigenvalue weighted by Gasteiger charge is -2.11. The number of nitrogen functional groups attached to an aromatic ring is 1. The lowest BCUT2D eigenvalue weighted by atomic mass is 10.1. The van der Waals surface area contributed by atoms with E-state index in [0.717, 1.165) is 6.07 Å². The quantitative estimate of drug-likeness (QED) is 0.910. The van der Waals surface area contributed by atoms with Crippen molar-refractivity contribution in [3.05, 3.63) is 40.0 Å². The van der Waals surface area contributed by atoms with Crippen LogP contribution < -0.4 is 5.73 Å². The maximum atomic E-state index is 13.2. The molecule has 0 saturated heterocycles. The molecule has 3 nitrogen and oxygen atoms in total. The van der Waals surface area contributed by atoms with Crippen molar-refractivity contribution < 1.29 is 8.78 Å². The fourth-order valence-electron chi connectivity index (χ4n) is 1.68. The molecule has 0 amide bonds. The fourth-order valence-corrected chi connectivity index (χ4v) is 2.31. The summed E-state index contributed by atoms with van der Waals surface area (Å²) in [5.41, 5.74) is 6.75. The molecule has 6 heteroatoms. The van der Waals surface area contributed by atoms with Crippen molar-refractivity contribution in [1.82, 2.24) is 9.97 Å². The lowest BCUT2D eigenvalue weighted by Crippen LogP contribution is -2.04. The van der Waals surface area contributed by atoms with Gasteiger partial charge in [-0.1, -0.05) is 13.8 Å². The summed E-state index contributed by atoms with van der Waals surface area (Å²) in [6, 6.07) is 3.15. The molecular formula is C13H12BrF2N3. The summed E-state index contributed by atoms with van der Waals surface area (Å²) in [5, 5.41) is 0. The van der Waals surface area contributed by atoms with E-state index in [1.54, 1.807) is 0 Å². The molecule has 0 aliphatic carbocycles. The number of hydrogen-bond donors (Lipinski definition) is 1. The van der Waals surface area contributed by atoms with Gasteiger partial charge in [0.05, 0.1) is 10.2 Å². The van der Waals surface area contributed by atoms with E-state index >= 15 is 0 Å². The highest BCUT2D eigenvalue weighted by molar-refractivity contribution is 9.10. The van der Waals surface area contributed by atoms with E-state index in [4.69, 9.17) is 5.73 Å². The maximum Gasteiger partial charge on any atom is 0.162 e. The SMILES string of the molecule is CC(C)c1nc(-c2cc(F)cc(F)c2)nc(N)c1Br. The normalized spacial score (nSPS) is 11.1. The van der Waals surface area contributed by atoms with E-state index < -0.39 is 11.6 Å². The van der Waals surface area contributed by atoms with Gasteiger partial charge in [-0.3, -0.25) is 0 Å². The highest BCUT2D eigenvalue weighted by Gasteiger charge is 2.15. The van der Waals surface area contributed by atoms with Gasteiger partial charge in [0.2, 0.25) is 0 Å². The fraction of sp³-hybridized carbons (Fsp3) is 0.231. The Morgan fingerprint density at radius 2 is 1.68 bits per heavy atom. The van der Waals surface area contributed by atoms with Gasteiger partial charge in [-0.05, 0) is 34.0 Å². The summed E-state index contributed by atoms with van der Waals surface area (Å²) in [7, 11) is 0. The van der Waals surface area contributed by atoms with Crippen LogP contribution >= 0.6 is 15.9 Å². The van der Waals surface area contributed by atoms with Crippen molar-refractivity contribution in [2.45, 2.75) is 19.8 Å². The largest absolute Gasteiger partial charge is 0.383 e. The summed E-state index contributed by atoms with van der Waals surface area (Å²) >= 11 is 3.32. The van der Waals surface area contributed by atoms with Crippen molar-refractivity contribution in [2.75, 3.05) is 5.73 Å². The first-order valence-electron chi connectivity index (χ1n) is 5.68. The minimum Gasteiger partial charge on any atom is -0.383 e. The minimum atomic E-state index is -0.675. The summed E-state index contributed by atoms with van der Waals surface area (Å²) in [6.07, 6.45) is 0. The zero-order valence-corrected chi connectivity index (χ0v) is 12.0. The predicted octanol–water partition coefficient (Wildman–Crippen LogP) is 3.89. The van der Waals surface area contributed by atoms with E-state index in [0.29, 0.717) is 10.2 Å². The van der Waals surface area contributed by atoms with Crippen LogP contribution in [-0.2, 0) is 0 Å². The maximum absolute atomic E-state index is 13.2. The van der Waals surface area contributed by atoms with E-state index in [2.05, 4.69) is 25.9 Å². The third-order valence-electron chi connectivity index (χ3n) is 2.57. The summed E-state index contributed by atoms with van der Waals surface area (Å²) in [5.74, 6) is -0.782. The monoisotopic (exact) mass is 327 g/mol. The molecule has 0 radical (unpaired) electrons. The van der Waals surface area contributed by atoms with Gasteiger partial charge >= 0.3 is 0 Å². The van der Waals surface area contributed by atoms with Crippen LogP contribution in [0, 0.1) is 11.6 Å². The van der Waals surface area contributed by atoms with Gasteiger partial charge in [0.25, 0.3) is 0 Å². The molecule has 1 aromatic heterocycles. The van der Waals surface area contributed by atoms with Gasteiger partial charge < -0.3 is 5.73 Å². The van der Waals surface area contributed by atoms with Crippen molar-refractivity contribution in [1.29, 1.82) is 0 Å². The van der Waals surface area contributed by atoms with Gasteiger partial charge in [-0.15, -0.1) is 0 Å². The van der Waals surface area contributed by atoms with Crippen molar-refractivity contribution in [3.8, 4) is 11.4 Å². The number of hydrogen-bond acceptors (Lipinski definition) is 3. The highest BCUT2D eigenvalue weighted by atomic mass is 79.9. The Balaban J connectivity index is 2.62. The number of nitrogens with two attached hydrogens (primary N) is 1. The number of halogens is 3. The van der Waals surface area contributed by atoms with Crippen LogP contribution in [0.15, 0.2) is 22.7 Å². The van der Waals surface area contributed by atoms with E-state index in [-0.39, 0.29) is 23.1 Å². The lowest BCUT2D eigenvalue weighted by molar-refractivity contribution is 0.584. The van der Waals surface area contributed by atoms with Crippen LogP contribution in [0.3, 0.4) is 0 Å². The molecular weight excluding hydrogens is 316 g/mol. The van der Waals surface area contributed by atoms with Gasteiger partial charge in [0, 0.05) is 11.6 Å². The average molecular weight is 328 g/mol. The Morgan fingerprint density at radius 1 is 1.11 bits per heavy atom. The molecule has 2 aromatic rings. The smallest absolute Gasteiger partial charge is 0.162 e. The summed E-state index contributed by atoms with van der Waals surface area (Å²) < 4.78 is 27.0. The Hall–Kier alpha value is -1.56. The molecule has 2 rings (SSSR count). The van der Waals surface area contributed by atoms with Gasteiger partial charge in [0.1, 0.15) is 17.5 Å². The molecule has 0 atom stereocenters. The van der Waals surface area contributed by atoms with Crippen LogP contribution in [-0.4, -0.2) is 9.97 Å². The van der Waals surface area contributed by atoms with E-state index in [9.17, 15) is 8.78 Å². The molecule has 0 bridgehead atoms. The number of rotatable bonds is 2. The van der Waals surface area contributed by atoms with E-state index in [1.165, 1.54) is 12.1 Å². The first-order chi connectivity index (χ1) is 8.88. The molecule has 2 N–H and O–H groups in total. The van der Waals surface area contributed by atoms with Crippen molar-refractivity contribution >= 4 is 21.7 Å². The first kappa shape index (κ1) is 13.9. The van der Waals surface area contributed by atoms with E-state index in [1.807, 2.05) is 13.8 Å². The third-order valence-corrected chi connectivity index (χ3v) is 3.38. The second-order valence-electron chi connectivity index (χ2n) is 4.44. The average Bonchev–Trinajstić information content (AvgIpc) is 2.30. The van der Waals surface area contributed by atoms with Crippen molar-refractivity contribution in [2.24, 2.45) is 0 Å². The number of nitrogens with zero attached hydrogens (tertiary/aromatic N) is 2. The molecule has 0 aliphatic rings. The van der Waals surface area contributed by atoms with Crippen LogP contribution in [0.2, 0.25) is 0 Å². The van der Waals surface area contributed by atoms with Crippen LogP contribution in [0.25, 0.3) is 11.4 Å². The molecule has 0 unspecified atom stereocenters. The third kappa shape index (κ3) is 2.89.